The normalized spacial score (nSPS) is 11.8. The van der Waals surface area contributed by atoms with E-state index < -0.39 is 22.0 Å². The van der Waals surface area contributed by atoms with Crippen LogP contribution in [0, 0.1) is 0 Å². The summed E-state index contributed by atoms with van der Waals surface area (Å²) in [6.07, 6.45) is 1.88. The fourth-order valence-electron chi connectivity index (χ4n) is 2.99. The molecule has 0 atom stereocenters. The van der Waals surface area contributed by atoms with Crippen molar-refractivity contribution in [3.63, 3.8) is 0 Å². The molecule has 1 N–H and O–H groups in total. The Labute approximate surface area is 182 Å². The first-order valence-corrected chi connectivity index (χ1v) is 10.8. The van der Waals surface area contributed by atoms with Crippen LogP contribution in [0.15, 0.2) is 53.4 Å². The molecule has 0 aliphatic rings. The summed E-state index contributed by atoms with van der Waals surface area (Å²) in [5, 5.41) is 9.40. The number of carboxylic acid groups (broad SMARTS) is 1. The molecule has 0 bridgehead atoms. The molecule has 0 radical (unpaired) electrons. The van der Waals surface area contributed by atoms with Gasteiger partial charge in [-0.3, -0.25) is 0 Å². The Morgan fingerprint density at radius 1 is 1.17 bits per heavy atom. The summed E-state index contributed by atoms with van der Waals surface area (Å²) >= 11 is 12.4. The number of esters is 1. The van der Waals surface area contributed by atoms with Crippen LogP contribution in [0.4, 0.5) is 0 Å². The predicted molar refractivity (Wildman–Crippen MR) is 114 cm³/mol. The van der Waals surface area contributed by atoms with Gasteiger partial charge in [0.1, 0.15) is 0 Å². The van der Waals surface area contributed by atoms with Crippen molar-refractivity contribution in [1.82, 2.24) is 3.97 Å². The standard InChI is InChI=1S/C20H15Cl2NO6S/c1-2-29-20(26)19-14(8-9-17(24)25)18-15(22)10-12(21)11-16(18)23(19)30(27,28)13-6-4-3-5-7-13/h3-11H,2H2,1H3,(H,24,25)/b9-8+. The lowest BCUT2D eigenvalue weighted by Gasteiger charge is -2.12. The number of ether oxygens (including phenoxy) is 1. The first kappa shape index (κ1) is 21.9. The fourth-order valence-corrected chi connectivity index (χ4v) is 5.10. The van der Waals surface area contributed by atoms with Gasteiger partial charge in [-0.05, 0) is 37.3 Å². The van der Waals surface area contributed by atoms with Gasteiger partial charge in [-0.25, -0.2) is 22.0 Å². The molecule has 0 unspecified atom stereocenters. The summed E-state index contributed by atoms with van der Waals surface area (Å²) in [5.74, 6) is -2.24. The molecule has 1 aromatic heterocycles. The smallest absolute Gasteiger partial charge is 0.356 e. The predicted octanol–water partition coefficient (Wildman–Crippen LogP) is 4.46. The molecular formula is C20H15Cl2NO6S. The molecule has 7 nitrogen and oxygen atoms in total. The molecule has 1 heterocycles. The van der Waals surface area contributed by atoms with E-state index >= 15 is 0 Å². The average Bonchev–Trinajstić information content (AvgIpc) is 3.02. The number of fused-ring (bicyclic) bond motifs is 1. The van der Waals surface area contributed by atoms with Crippen molar-refractivity contribution in [2.45, 2.75) is 11.8 Å². The number of rotatable bonds is 6. The van der Waals surface area contributed by atoms with Crippen LogP contribution in [-0.2, 0) is 19.6 Å². The third-order valence-electron chi connectivity index (χ3n) is 4.12. The van der Waals surface area contributed by atoms with Crippen molar-refractivity contribution in [2.24, 2.45) is 0 Å². The lowest BCUT2D eigenvalue weighted by Crippen LogP contribution is -2.20. The van der Waals surface area contributed by atoms with Crippen LogP contribution in [-0.4, -0.2) is 36.0 Å². The molecule has 0 fully saturated rings. The van der Waals surface area contributed by atoms with Crippen LogP contribution in [0.25, 0.3) is 17.0 Å². The van der Waals surface area contributed by atoms with Gasteiger partial charge in [0.05, 0.1) is 22.0 Å². The lowest BCUT2D eigenvalue weighted by molar-refractivity contribution is -0.131. The fraction of sp³-hybridized carbons (Fsp3) is 0.100. The number of hydrogen-bond acceptors (Lipinski definition) is 5. The number of aromatic nitrogens is 1. The number of carbonyl (C=O) groups is 2. The highest BCUT2D eigenvalue weighted by atomic mass is 35.5. The second-order valence-corrected chi connectivity index (χ2v) is 8.65. The SMILES string of the molecule is CCOC(=O)c1c(/C=C/C(=O)O)c2c(Cl)cc(Cl)cc2n1S(=O)(=O)c1ccccc1. The molecule has 0 saturated heterocycles. The van der Waals surface area contributed by atoms with Crippen molar-refractivity contribution in [3.8, 4) is 0 Å². The zero-order valence-electron chi connectivity index (χ0n) is 15.5. The van der Waals surface area contributed by atoms with Gasteiger partial charge in [-0.15, -0.1) is 0 Å². The van der Waals surface area contributed by atoms with Crippen LogP contribution in [0.5, 0.6) is 0 Å². The van der Waals surface area contributed by atoms with Crippen molar-refractivity contribution >= 4 is 62.1 Å². The topological polar surface area (TPSA) is 103 Å². The minimum absolute atomic E-state index is 0.00739. The molecule has 3 aromatic rings. The third kappa shape index (κ3) is 3.94. The quantitative estimate of drug-likeness (QED) is 0.423. The van der Waals surface area contributed by atoms with Gasteiger partial charge in [0.2, 0.25) is 0 Å². The van der Waals surface area contributed by atoms with Gasteiger partial charge in [-0.2, -0.15) is 0 Å². The van der Waals surface area contributed by atoms with Gasteiger partial charge in [0, 0.05) is 22.0 Å². The first-order chi connectivity index (χ1) is 14.2. The van der Waals surface area contributed by atoms with E-state index in [0.29, 0.717) is 0 Å². The highest BCUT2D eigenvalue weighted by Crippen LogP contribution is 2.38. The number of carboxylic acids is 1. The number of benzene rings is 2. The van der Waals surface area contributed by atoms with Gasteiger partial charge in [0.25, 0.3) is 10.0 Å². The van der Waals surface area contributed by atoms with Crippen LogP contribution >= 0.6 is 23.2 Å². The largest absolute Gasteiger partial charge is 0.478 e. The van der Waals surface area contributed by atoms with E-state index in [0.717, 1.165) is 16.1 Å². The number of halogens is 2. The number of aliphatic carboxylic acids is 1. The van der Waals surface area contributed by atoms with Crippen LogP contribution in [0.1, 0.15) is 23.0 Å². The Kier molecular flexibility index (Phi) is 6.21. The second-order valence-electron chi connectivity index (χ2n) is 6.02. The minimum atomic E-state index is -4.29. The van der Waals surface area contributed by atoms with Crippen molar-refractivity contribution < 1.29 is 27.9 Å². The van der Waals surface area contributed by atoms with E-state index in [1.807, 2.05) is 0 Å². The number of hydrogen-bond donors (Lipinski definition) is 1. The minimum Gasteiger partial charge on any atom is -0.478 e. The molecular weight excluding hydrogens is 453 g/mol. The maximum atomic E-state index is 13.5. The van der Waals surface area contributed by atoms with E-state index in [1.165, 1.54) is 36.4 Å². The molecule has 2 aromatic carbocycles. The highest BCUT2D eigenvalue weighted by Gasteiger charge is 2.32. The van der Waals surface area contributed by atoms with E-state index in [4.69, 9.17) is 33.0 Å². The molecule has 156 valence electrons. The van der Waals surface area contributed by atoms with Crippen molar-refractivity contribution in [2.75, 3.05) is 6.61 Å². The Hall–Kier alpha value is -2.81. The van der Waals surface area contributed by atoms with E-state index in [1.54, 1.807) is 13.0 Å². The first-order valence-electron chi connectivity index (χ1n) is 8.60. The number of nitrogens with zero attached hydrogens (tertiary/aromatic N) is 1. The van der Waals surface area contributed by atoms with E-state index in [-0.39, 0.29) is 43.7 Å². The van der Waals surface area contributed by atoms with Crippen LogP contribution < -0.4 is 0 Å². The van der Waals surface area contributed by atoms with Crippen molar-refractivity contribution in [3.05, 3.63) is 69.8 Å². The average molecular weight is 468 g/mol. The molecule has 0 spiro atoms. The van der Waals surface area contributed by atoms with Crippen molar-refractivity contribution in [1.29, 1.82) is 0 Å². The second kappa shape index (κ2) is 8.51. The molecule has 10 heteroatoms. The Morgan fingerprint density at radius 2 is 1.83 bits per heavy atom. The number of carbonyl (C=O) groups excluding carboxylic acids is 1. The van der Waals surface area contributed by atoms with Gasteiger partial charge < -0.3 is 9.84 Å². The molecule has 3 rings (SSSR count). The van der Waals surface area contributed by atoms with E-state index in [2.05, 4.69) is 0 Å². The van der Waals surface area contributed by atoms with Crippen LogP contribution in [0.2, 0.25) is 10.0 Å². The molecule has 0 aliphatic heterocycles. The Morgan fingerprint density at radius 3 is 2.43 bits per heavy atom. The summed E-state index contributed by atoms with van der Waals surface area (Å²) in [5.41, 5.74) is -0.367. The molecule has 0 amide bonds. The van der Waals surface area contributed by atoms with Gasteiger partial charge >= 0.3 is 11.9 Å². The summed E-state index contributed by atoms with van der Waals surface area (Å²) in [4.78, 5) is 23.8. The Bertz CT molecular complexity index is 1280. The Balaban J connectivity index is 2.53. The maximum Gasteiger partial charge on any atom is 0.356 e. The highest BCUT2D eigenvalue weighted by molar-refractivity contribution is 7.90. The van der Waals surface area contributed by atoms with Gasteiger partial charge in [-0.1, -0.05) is 41.4 Å². The molecule has 0 saturated carbocycles. The summed E-state index contributed by atoms with van der Waals surface area (Å²) < 4.78 is 32.8. The lowest BCUT2D eigenvalue weighted by atomic mass is 10.1. The third-order valence-corrected chi connectivity index (χ3v) is 6.37. The summed E-state index contributed by atoms with van der Waals surface area (Å²) in [6.45, 7) is 1.54. The van der Waals surface area contributed by atoms with Crippen LogP contribution in [0.3, 0.4) is 0 Å². The zero-order valence-corrected chi connectivity index (χ0v) is 17.8. The van der Waals surface area contributed by atoms with Gasteiger partial charge in [0.15, 0.2) is 5.69 Å². The molecule has 30 heavy (non-hydrogen) atoms. The summed E-state index contributed by atoms with van der Waals surface area (Å²) in [7, 11) is -4.29. The maximum absolute atomic E-state index is 13.5. The monoisotopic (exact) mass is 467 g/mol. The zero-order chi connectivity index (χ0) is 22.1. The summed E-state index contributed by atoms with van der Waals surface area (Å²) in [6, 6.07) is 10.2. The molecule has 0 aliphatic carbocycles. The van der Waals surface area contributed by atoms with E-state index in [9.17, 15) is 18.0 Å².